The first-order valence-electron chi connectivity index (χ1n) is 8.57. The Hall–Kier alpha value is -1.31. The monoisotopic (exact) mass is 444 g/mol. The van der Waals surface area contributed by atoms with Crippen LogP contribution in [0.15, 0.2) is 29.3 Å². The number of carbonyl (C=O) groups excluding carboxylic acids is 1. The maximum absolute atomic E-state index is 12.2. The number of amides is 1. The summed E-state index contributed by atoms with van der Waals surface area (Å²) in [6, 6.07) is 7.99. The fraction of sp³-hybridized carbons (Fsp3) is 0.556. The maximum atomic E-state index is 12.2. The molecule has 0 unspecified atom stereocenters. The molecule has 5 nitrogen and oxygen atoms in total. The van der Waals surface area contributed by atoms with E-state index in [0.717, 1.165) is 43.0 Å². The Balaban J connectivity index is 0.00000288. The van der Waals surface area contributed by atoms with E-state index in [1.165, 1.54) is 12.8 Å². The lowest BCUT2D eigenvalue weighted by molar-refractivity contribution is -0.119. The Morgan fingerprint density at radius 3 is 2.67 bits per heavy atom. The third kappa shape index (κ3) is 6.67. The minimum absolute atomic E-state index is 0. The summed E-state index contributed by atoms with van der Waals surface area (Å²) in [6.45, 7) is 3.70. The number of halogens is 1. The standard InChI is InChI=1S/C18H28N4O.HI/c1-3-11-20-18(19-2)21-13-14-7-6-10-16(12-14)22-17(23)15-8-4-5-9-15;/h6-7,10,12,15H,3-5,8-9,11,13H2,1-2H3,(H,22,23)(H2,19,20,21);1H. The molecule has 0 aliphatic heterocycles. The topological polar surface area (TPSA) is 65.5 Å². The second-order valence-corrected chi connectivity index (χ2v) is 6.02. The molecule has 0 atom stereocenters. The van der Waals surface area contributed by atoms with Gasteiger partial charge in [0.1, 0.15) is 0 Å². The van der Waals surface area contributed by atoms with Crippen LogP contribution in [0.25, 0.3) is 0 Å². The largest absolute Gasteiger partial charge is 0.356 e. The van der Waals surface area contributed by atoms with Crippen molar-refractivity contribution in [3.8, 4) is 0 Å². The first kappa shape index (κ1) is 20.7. The molecule has 0 spiro atoms. The molecule has 1 amide bonds. The van der Waals surface area contributed by atoms with Crippen LogP contribution >= 0.6 is 24.0 Å². The number of nitrogens with one attached hydrogen (secondary N) is 3. The summed E-state index contributed by atoms with van der Waals surface area (Å²) in [7, 11) is 1.77. The van der Waals surface area contributed by atoms with Crippen LogP contribution in [0.2, 0.25) is 0 Å². The zero-order chi connectivity index (χ0) is 16.5. The van der Waals surface area contributed by atoms with Crippen molar-refractivity contribution in [2.45, 2.75) is 45.6 Å². The van der Waals surface area contributed by atoms with E-state index in [1.54, 1.807) is 7.05 Å². The van der Waals surface area contributed by atoms with Gasteiger partial charge in [0, 0.05) is 31.7 Å². The van der Waals surface area contributed by atoms with E-state index < -0.39 is 0 Å². The van der Waals surface area contributed by atoms with Gasteiger partial charge < -0.3 is 16.0 Å². The highest BCUT2D eigenvalue weighted by Gasteiger charge is 2.22. The van der Waals surface area contributed by atoms with Gasteiger partial charge in [0.05, 0.1) is 0 Å². The van der Waals surface area contributed by atoms with Crippen LogP contribution in [0.4, 0.5) is 5.69 Å². The summed E-state index contributed by atoms with van der Waals surface area (Å²) in [5.41, 5.74) is 1.99. The fourth-order valence-corrected chi connectivity index (χ4v) is 2.84. The third-order valence-corrected chi connectivity index (χ3v) is 4.15. The van der Waals surface area contributed by atoms with Gasteiger partial charge in [0.25, 0.3) is 0 Å². The molecule has 0 aromatic heterocycles. The highest BCUT2D eigenvalue weighted by atomic mass is 127. The predicted molar refractivity (Wildman–Crippen MR) is 111 cm³/mol. The average Bonchev–Trinajstić information content (AvgIpc) is 3.10. The SMILES string of the molecule is CCCNC(=NC)NCc1cccc(NC(=O)C2CCCC2)c1.I. The Kier molecular flexibility index (Phi) is 9.75. The lowest BCUT2D eigenvalue weighted by Crippen LogP contribution is -2.37. The molecule has 0 bridgehead atoms. The number of nitrogens with zero attached hydrogens (tertiary/aromatic N) is 1. The van der Waals surface area contributed by atoms with Crippen molar-refractivity contribution in [2.24, 2.45) is 10.9 Å². The molecule has 1 fully saturated rings. The van der Waals surface area contributed by atoms with Crippen molar-refractivity contribution in [1.82, 2.24) is 10.6 Å². The lowest BCUT2D eigenvalue weighted by Gasteiger charge is -2.13. The Morgan fingerprint density at radius 2 is 2.00 bits per heavy atom. The third-order valence-electron chi connectivity index (χ3n) is 4.15. The van der Waals surface area contributed by atoms with Crippen LogP contribution in [-0.4, -0.2) is 25.5 Å². The van der Waals surface area contributed by atoms with E-state index in [1.807, 2.05) is 24.3 Å². The van der Waals surface area contributed by atoms with Crippen LogP contribution in [0.5, 0.6) is 0 Å². The molecule has 1 aliphatic rings. The van der Waals surface area contributed by atoms with Crippen molar-refractivity contribution in [1.29, 1.82) is 0 Å². The highest BCUT2D eigenvalue weighted by molar-refractivity contribution is 14.0. The van der Waals surface area contributed by atoms with Gasteiger partial charge in [0.2, 0.25) is 5.91 Å². The van der Waals surface area contributed by atoms with Crippen LogP contribution in [0.3, 0.4) is 0 Å². The summed E-state index contributed by atoms with van der Waals surface area (Å²) >= 11 is 0. The number of anilines is 1. The van der Waals surface area contributed by atoms with Crippen molar-refractivity contribution < 1.29 is 4.79 Å². The molecule has 1 aliphatic carbocycles. The van der Waals surface area contributed by atoms with E-state index in [2.05, 4.69) is 27.9 Å². The molecule has 0 radical (unpaired) electrons. The van der Waals surface area contributed by atoms with Crippen LogP contribution in [-0.2, 0) is 11.3 Å². The first-order chi connectivity index (χ1) is 11.2. The number of hydrogen-bond donors (Lipinski definition) is 3. The van der Waals surface area contributed by atoms with E-state index >= 15 is 0 Å². The van der Waals surface area contributed by atoms with E-state index in [4.69, 9.17) is 0 Å². The summed E-state index contributed by atoms with van der Waals surface area (Å²) in [5.74, 6) is 1.15. The zero-order valence-corrected chi connectivity index (χ0v) is 16.9. The molecule has 6 heteroatoms. The van der Waals surface area contributed by atoms with Gasteiger partial charge >= 0.3 is 0 Å². The number of hydrogen-bond acceptors (Lipinski definition) is 2. The van der Waals surface area contributed by atoms with Crippen molar-refractivity contribution >= 4 is 41.5 Å². The molecule has 0 heterocycles. The first-order valence-corrected chi connectivity index (χ1v) is 8.57. The summed E-state index contributed by atoms with van der Waals surface area (Å²) in [5, 5.41) is 9.57. The average molecular weight is 444 g/mol. The van der Waals surface area contributed by atoms with Crippen molar-refractivity contribution in [2.75, 3.05) is 18.9 Å². The summed E-state index contributed by atoms with van der Waals surface area (Å²) in [4.78, 5) is 16.4. The minimum Gasteiger partial charge on any atom is -0.356 e. The van der Waals surface area contributed by atoms with Gasteiger partial charge in [-0.3, -0.25) is 9.79 Å². The molecule has 2 rings (SSSR count). The molecule has 1 aromatic rings. The molecule has 3 N–H and O–H groups in total. The normalized spacial score (nSPS) is 14.8. The second kappa shape index (κ2) is 11.3. The van der Waals surface area contributed by atoms with Gasteiger partial charge in [0.15, 0.2) is 5.96 Å². The van der Waals surface area contributed by atoms with E-state index in [9.17, 15) is 4.79 Å². The minimum atomic E-state index is 0. The maximum Gasteiger partial charge on any atom is 0.227 e. The zero-order valence-electron chi connectivity index (χ0n) is 14.6. The van der Waals surface area contributed by atoms with E-state index in [-0.39, 0.29) is 35.8 Å². The molecular formula is C18H29IN4O. The van der Waals surface area contributed by atoms with Crippen molar-refractivity contribution in [3.63, 3.8) is 0 Å². The van der Waals surface area contributed by atoms with Crippen LogP contribution in [0.1, 0.15) is 44.6 Å². The number of benzene rings is 1. The number of carbonyl (C=O) groups is 1. The second-order valence-electron chi connectivity index (χ2n) is 6.02. The van der Waals surface area contributed by atoms with Crippen molar-refractivity contribution in [3.05, 3.63) is 29.8 Å². The Bertz CT molecular complexity index is 542. The predicted octanol–water partition coefficient (Wildman–Crippen LogP) is 3.51. The van der Waals surface area contributed by atoms with Gasteiger partial charge in [-0.25, -0.2) is 0 Å². The van der Waals surface area contributed by atoms with Crippen LogP contribution < -0.4 is 16.0 Å². The fourth-order valence-electron chi connectivity index (χ4n) is 2.84. The Morgan fingerprint density at radius 1 is 1.25 bits per heavy atom. The molecular weight excluding hydrogens is 415 g/mol. The van der Waals surface area contributed by atoms with Gasteiger partial charge in [-0.05, 0) is 37.0 Å². The lowest BCUT2D eigenvalue weighted by atomic mass is 10.1. The van der Waals surface area contributed by atoms with Crippen LogP contribution in [0, 0.1) is 5.92 Å². The van der Waals surface area contributed by atoms with E-state index in [0.29, 0.717) is 6.54 Å². The van der Waals surface area contributed by atoms with Gasteiger partial charge in [-0.2, -0.15) is 0 Å². The van der Waals surface area contributed by atoms with Gasteiger partial charge in [-0.1, -0.05) is 31.9 Å². The molecule has 1 saturated carbocycles. The van der Waals surface area contributed by atoms with Gasteiger partial charge in [-0.15, -0.1) is 24.0 Å². The molecule has 134 valence electrons. The molecule has 0 saturated heterocycles. The summed E-state index contributed by atoms with van der Waals surface area (Å²) < 4.78 is 0. The quantitative estimate of drug-likeness (QED) is 0.358. The highest BCUT2D eigenvalue weighted by Crippen LogP contribution is 2.26. The molecule has 24 heavy (non-hydrogen) atoms. The smallest absolute Gasteiger partial charge is 0.227 e. The molecule has 1 aromatic carbocycles. The number of guanidine groups is 1. The number of rotatable bonds is 6. The Labute approximate surface area is 162 Å². The summed E-state index contributed by atoms with van der Waals surface area (Å²) in [6.07, 6.45) is 5.44. The number of aliphatic imine (C=N–C) groups is 1.